The molecule has 0 saturated heterocycles. The Balaban J connectivity index is 1.78. The topological polar surface area (TPSA) is 54.0 Å². The zero-order chi connectivity index (χ0) is 15.9. The number of aryl methyl sites for hydroxylation is 1. The van der Waals surface area contributed by atoms with E-state index in [1.165, 1.54) is 12.3 Å². The standard InChI is InChI=1S/C16H17F2N3O/c1-11-2-4-12(5-3-11)16(22)21-9-8-19-13-6-7-20-14(10-13)15(17)18/h2-7,10,15H,8-9H2,1H3,(H,19,20)(H,21,22). The van der Waals surface area contributed by atoms with Crippen LogP contribution in [0.3, 0.4) is 0 Å². The highest BCUT2D eigenvalue weighted by Crippen LogP contribution is 2.18. The Hall–Kier alpha value is -2.50. The molecule has 1 amide bonds. The lowest BCUT2D eigenvalue weighted by Crippen LogP contribution is -2.28. The largest absolute Gasteiger partial charge is 0.383 e. The van der Waals surface area contributed by atoms with Crippen molar-refractivity contribution in [1.82, 2.24) is 10.3 Å². The fourth-order valence-electron chi connectivity index (χ4n) is 1.87. The Labute approximate surface area is 127 Å². The van der Waals surface area contributed by atoms with Gasteiger partial charge in [-0.15, -0.1) is 0 Å². The predicted molar refractivity (Wildman–Crippen MR) is 81.2 cm³/mol. The normalized spacial score (nSPS) is 10.5. The highest BCUT2D eigenvalue weighted by molar-refractivity contribution is 5.94. The Bertz CT molecular complexity index is 630. The van der Waals surface area contributed by atoms with Gasteiger partial charge >= 0.3 is 0 Å². The number of rotatable bonds is 6. The van der Waals surface area contributed by atoms with Gasteiger partial charge in [-0.2, -0.15) is 0 Å². The summed E-state index contributed by atoms with van der Waals surface area (Å²) in [5.41, 5.74) is 1.96. The number of hydrogen-bond donors (Lipinski definition) is 2. The van der Waals surface area contributed by atoms with Crippen LogP contribution in [0.15, 0.2) is 42.6 Å². The molecule has 1 aromatic heterocycles. The van der Waals surface area contributed by atoms with Gasteiger partial charge in [0.15, 0.2) is 0 Å². The Morgan fingerprint density at radius 1 is 1.18 bits per heavy atom. The maximum Gasteiger partial charge on any atom is 0.280 e. The number of aromatic nitrogens is 1. The molecule has 0 aliphatic heterocycles. The van der Waals surface area contributed by atoms with Gasteiger partial charge in [-0.25, -0.2) is 8.78 Å². The molecule has 0 unspecified atom stereocenters. The van der Waals surface area contributed by atoms with Gasteiger partial charge in [-0.05, 0) is 31.2 Å². The van der Waals surface area contributed by atoms with Gasteiger partial charge in [0.05, 0.1) is 0 Å². The van der Waals surface area contributed by atoms with Crippen molar-refractivity contribution < 1.29 is 13.6 Å². The van der Waals surface area contributed by atoms with E-state index >= 15 is 0 Å². The van der Waals surface area contributed by atoms with Crippen molar-refractivity contribution in [2.75, 3.05) is 18.4 Å². The minimum atomic E-state index is -2.59. The van der Waals surface area contributed by atoms with Crippen molar-refractivity contribution >= 4 is 11.6 Å². The first-order chi connectivity index (χ1) is 10.6. The summed E-state index contributed by atoms with van der Waals surface area (Å²) in [6.45, 7) is 2.78. The molecule has 0 saturated carbocycles. The average molecular weight is 305 g/mol. The average Bonchev–Trinajstić information content (AvgIpc) is 2.52. The molecule has 116 valence electrons. The van der Waals surface area contributed by atoms with Crippen molar-refractivity contribution in [3.63, 3.8) is 0 Å². The van der Waals surface area contributed by atoms with Crippen LogP contribution in [-0.2, 0) is 0 Å². The van der Waals surface area contributed by atoms with Crippen LogP contribution in [0.5, 0.6) is 0 Å². The van der Waals surface area contributed by atoms with Crippen LogP contribution in [-0.4, -0.2) is 24.0 Å². The zero-order valence-electron chi connectivity index (χ0n) is 12.1. The first-order valence-electron chi connectivity index (χ1n) is 6.89. The highest BCUT2D eigenvalue weighted by atomic mass is 19.3. The molecule has 6 heteroatoms. The van der Waals surface area contributed by atoms with Gasteiger partial charge in [0.25, 0.3) is 12.3 Å². The number of halogens is 2. The van der Waals surface area contributed by atoms with E-state index in [1.54, 1.807) is 18.2 Å². The number of amides is 1. The predicted octanol–water partition coefficient (Wildman–Crippen LogP) is 3.17. The van der Waals surface area contributed by atoms with Crippen LogP contribution < -0.4 is 10.6 Å². The molecule has 0 fully saturated rings. The summed E-state index contributed by atoms with van der Waals surface area (Å²) in [5, 5.41) is 5.73. The highest BCUT2D eigenvalue weighted by Gasteiger charge is 2.08. The van der Waals surface area contributed by atoms with Gasteiger partial charge in [0.1, 0.15) is 5.69 Å². The molecule has 4 nitrogen and oxygen atoms in total. The SMILES string of the molecule is Cc1ccc(C(=O)NCCNc2ccnc(C(F)F)c2)cc1. The molecule has 1 heterocycles. The number of benzene rings is 1. The third-order valence-corrected chi connectivity index (χ3v) is 3.06. The minimum Gasteiger partial charge on any atom is -0.383 e. The second-order valence-corrected chi connectivity index (χ2v) is 4.82. The summed E-state index contributed by atoms with van der Waals surface area (Å²) in [6, 6.07) is 10.2. The fraction of sp³-hybridized carbons (Fsp3) is 0.250. The quantitative estimate of drug-likeness (QED) is 0.806. The summed E-state index contributed by atoms with van der Waals surface area (Å²) < 4.78 is 25.0. The van der Waals surface area contributed by atoms with Crippen LogP contribution >= 0.6 is 0 Å². The van der Waals surface area contributed by atoms with E-state index in [1.807, 2.05) is 19.1 Å². The van der Waals surface area contributed by atoms with E-state index in [2.05, 4.69) is 15.6 Å². The second kappa shape index (κ2) is 7.49. The lowest BCUT2D eigenvalue weighted by atomic mass is 10.1. The molecular formula is C16H17F2N3O. The van der Waals surface area contributed by atoms with E-state index in [0.717, 1.165) is 5.56 Å². The minimum absolute atomic E-state index is 0.162. The van der Waals surface area contributed by atoms with Gasteiger partial charge in [0.2, 0.25) is 0 Å². The first-order valence-corrected chi connectivity index (χ1v) is 6.89. The van der Waals surface area contributed by atoms with E-state index in [-0.39, 0.29) is 11.6 Å². The molecule has 0 bridgehead atoms. The smallest absolute Gasteiger partial charge is 0.280 e. The third-order valence-electron chi connectivity index (χ3n) is 3.06. The van der Waals surface area contributed by atoms with Crippen LogP contribution in [0.2, 0.25) is 0 Å². The molecule has 2 aromatic rings. The fourth-order valence-corrected chi connectivity index (χ4v) is 1.87. The van der Waals surface area contributed by atoms with Crippen molar-refractivity contribution in [2.24, 2.45) is 0 Å². The maximum absolute atomic E-state index is 12.5. The van der Waals surface area contributed by atoms with Crippen LogP contribution in [0.1, 0.15) is 28.0 Å². The first kappa shape index (κ1) is 15.9. The van der Waals surface area contributed by atoms with E-state index in [4.69, 9.17) is 0 Å². The van der Waals surface area contributed by atoms with Crippen molar-refractivity contribution in [2.45, 2.75) is 13.3 Å². The van der Waals surface area contributed by atoms with Gasteiger partial charge in [-0.3, -0.25) is 9.78 Å². The summed E-state index contributed by atoms with van der Waals surface area (Å²) in [5.74, 6) is -0.162. The molecule has 0 aliphatic rings. The lowest BCUT2D eigenvalue weighted by molar-refractivity contribution is 0.0955. The molecule has 1 aromatic carbocycles. The van der Waals surface area contributed by atoms with Gasteiger partial charge < -0.3 is 10.6 Å². The van der Waals surface area contributed by atoms with Crippen molar-refractivity contribution in [3.8, 4) is 0 Å². The molecule has 0 spiro atoms. The Kier molecular flexibility index (Phi) is 5.41. The van der Waals surface area contributed by atoms with Crippen molar-refractivity contribution in [3.05, 3.63) is 59.4 Å². The zero-order valence-corrected chi connectivity index (χ0v) is 12.1. The van der Waals surface area contributed by atoms with E-state index in [9.17, 15) is 13.6 Å². The number of pyridine rings is 1. The van der Waals surface area contributed by atoms with Gasteiger partial charge in [0, 0.05) is 30.5 Å². The summed E-state index contributed by atoms with van der Waals surface area (Å²) >= 11 is 0. The Morgan fingerprint density at radius 3 is 2.59 bits per heavy atom. The maximum atomic E-state index is 12.5. The molecule has 0 atom stereocenters. The molecular weight excluding hydrogens is 288 g/mol. The van der Waals surface area contributed by atoms with Crippen LogP contribution in [0.4, 0.5) is 14.5 Å². The Morgan fingerprint density at radius 2 is 1.91 bits per heavy atom. The van der Waals surface area contributed by atoms with E-state index < -0.39 is 6.43 Å². The number of alkyl halides is 2. The van der Waals surface area contributed by atoms with E-state index in [0.29, 0.717) is 24.3 Å². The number of anilines is 1. The summed E-state index contributed by atoms with van der Waals surface area (Å²) in [4.78, 5) is 15.4. The van der Waals surface area contributed by atoms with Crippen LogP contribution in [0, 0.1) is 6.92 Å². The third kappa shape index (κ3) is 4.51. The molecule has 0 radical (unpaired) electrons. The lowest BCUT2D eigenvalue weighted by Gasteiger charge is -2.09. The summed E-state index contributed by atoms with van der Waals surface area (Å²) in [6.07, 6.45) is -1.27. The number of nitrogens with one attached hydrogen (secondary N) is 2. The molecule has 2 rings (SSSR count). The second-order valence-electron chi connectivity index (χ2n) is 4.82. The monoisotopic (exact) mass is 305 g/mol. The molecule has 0 aliphatic carbocycles. The number of carbonyl (C=O) groups is 1. The number of hydrogen-bond acceptors (Lipinski definition) is 3. The molecule has 22 heavy (non-hydrogen) atoms. The van der Waals surface area contributed by atoms with Gasteiger partial charge in [-0.1, -0.05) is 17.7 Å². The number of carbonyl (C=O) groups excluding carboxylic acids is 1. The van der Waals surface area contributed by atoms with Crippen molar-refractivity contribution in [1.29, 1.82) is 0 Å². The van der Waals surface area contributed by atoms with Crippen LogP contribution in [0.25, 0.3) is 0 Å². The molecule has 2 N–H and O–H groups in total. The summed E-state index contributed by atoms with van der Waals surface area (Å²) in [7, 11) is 0. The number of nitrogens with zero attached hydrogens (tertiary/aromatic N) is 1.